The van der Waals surface area contributed by atoms with Crippen molar-refractivity contribution in [3.8, 4) is 0 Å². The van der Waals surface area contributed by atoms with Crippen molar-refractivity contribution in [2.24, 2.45) is 0 Å². The quantitative estimate of drug-likeness (QED) is 0.310. The van der Waals surface area contributed by atoms with Crippen LogP contribution in [0.2, 0.25) is 0 Å². The summed E-state index contributed by atoms with van der Waals surface area (Å²) in [4.78, 5) is 37.8. The molecule has 188 valence electrons. The molecule has 0 saturated heterocycles. The first-order valence-corrected chi connectivity index (χ1v) is 11.9. The number of hydrogen-bond acceptors (Lipinski definition) is 7. The number of ether oxygens (including phenoxy) is 1. The summed E-state index contributed by atoms with van der Waals surface area (Å²) in [6, 6.07) is 7.82. The molecule has 1 aliphatic carbocycles. The second kappa shape index (κ2) is 11.6. The molecular formula is C25H32N4O6. The van der Waals surface area contributed by atoms with Gasteiger partial charge in [0, 0.05) is 37.5 Å². The van der Waals surface area contributed by atoms with Crippen LogP contribution in [0.3, 0.4) is 0 Å². The van der Waals surface area contributed by atoms with E-state index in [1.54, 1.807) is 0 Å². The number of nitro benzene ring substituents is 2. The van der Waals surface area contributed by atoms with E-state index in [2.05, 4.69) is 30.9 Å². The van der Waals surface area contributed by atoms with Gasteiger partial charge in [-0.1, -0.05) is 19.9 Å². The fraction of sp³-hybridized carbons (Fsp3) is 0.480. The molecule has 0 heterocycles. The van der Waals surface area contributed by atoms with Crippen molar-refractivity contribution in [3.63, 3.8) is 0 Å². The lowest BCUT2D eigenvalue weighted by molar-refractivity contribution is -0.394. The molecule has 2 aromatic rings. The van der Waals surface area contributed by atoms with Gasteiger partial charge in [-0.2, -0.15) is 0 Å². The second-order valence-electron chi connectivity index (χ2n) is 8.79. The van der Waals surface area contributed by atoms with Crippen LogP contribution >= 0.6 is 0 Å². The smallest absolute Gasteiger partial charge is 0.410 e. The third-order valence-electron chi connectivity index (χ3n) is 6.17. The average molecular weight is 485 g/mol. The molecule has 0 aliphatic heterocycles. The Balaban J connectivity index is 2.01. The summed E-state index contributed by atoms with van der Waals surface area (Å²) in [5.74, 6) is 0. The molecule has 0 radical (unpaired) electrons. The molecule has 10 heteroatoms. The number of hydrogen-bond donors (Lipinski definition) is 0. The number of non-ortho nitro benzene ring substituents is 2. The minimum Gasteiger partial charge on any atom is -0.453 e. The molecule has 0 aromatic heterocycles. The average Bonchev–Trinajstić information content (AvgIpc) is 3.29. The lowest BCUT2D eigenvalue weighted by Gasteiger charge is -2.30. The molecule has 0 fully saturated rings. The summed E-state index contributed by atoms with van der Waals surface area (Å²) in [5.41, 5.74) is 4.15. The highest BCUT2D eigenvalue weighted by Gasteiger charge is 2.24. The van der Waals surface area contributed by atoms with Crippen molar-refractivity contribution in [1.29, 1.82) is 0 Å². The van der Waals surface area contributed by atoms with Gasteiger partial charge in [-0.15, -0.1) is 0 Å². The minimum absolute atomic E-state index is 0.0622. The van der Waals surface area contributed by atoms with E-state index in [1.165, 1.54) is 35.3 Å². The van der Waals surface area contributed by atoms with Crippen LogP contribution < -0.4 is 4.90 Å². The number of benzene rings is 2. The summed E-state index contributed by atoms with van der Waals surface area (Å²) >= 11 is 0. The summed E-state index contributed by atoms with van der Waals surface area (Å²) in [5, 5.41) is 22.6. The fourth-order valence-electron chi connectivity index (χ4n) is 4.67. The Morgan fingerprint density at radius 1 is 0.914 bits per heavy atom. The zero-order valence-corrected chi connectivity index (χ0v) is 20.5. The molecule has 0 N–H and O–H groups in total. The first kappa shape index (κ1) is 25.9. The van der Waals surface area contributed by atoms with Gasteiger partial charge in [0.15, 0.2) is 0 Å². The van der Waals surface area contributed by atoms with Gasteiger partial charge in [-0.3, -0.25) is 25.1 Å². The number of carbonyl (C=O) groups is 1. The van der Waals surface area contributed by atoms with E-state index in [0.29, 0.717) is 0 Å². The molecule has 0 bridgehead atoms. The highest BCUT2D eigenvalue weighted by Crippen LogP contribution is 2.33. The molecule has 1 amide bonds. The summed E-state index contributed by atoms with van der Waals surface area (Å²) < 4.78 is 5.01. The van der Waals surface area contributed by atoms with Gasteiger partial charge in [0.25, 0.3) is 11.4 Å². The number of methoxy groups -OCH3 is 1. The Labute approximate surface area is 204 Å². The molecule has 0 unspecified atom stereocenters. The predicted molar refractivity (Wildman–Crippen MR) is 133 cm³/mol. The van der Waals surface area contributed by atoms with Crippen LogP contribution in [-0.4, -0.2) is 41.0 Å². The SMILES string of the molecule is CCCN(CCC)c1cc2c(cc1CN(Cc1cc([N+](=O)[O-])cc([N+](=O)[O-])c1)C(=O)OC)CCC2. The van der Waals surface area contributed by atoms with Crippen LogP contribution in [0.5, 0.6) is 0 Å². The Bertz CT molecular complexity index is 1070. The lowest BCUT2D eigenvalue weighted by atomic mass is 10.0. The van der Waals surface area contributed by atoms with E-state index in [9.17, 15) is 25.0 Å². The van der Waals surface area contributed by atoms with E-state index in [-0.39, 0.29) is 18.7 Å². The maximum absolute atomic E-state index is 12.7. The third kappa shape index (κ3) is 6.26. The number of carbonyl (C=O) groups excluding carboxylic acids is 1. The molecule has 10 nitrogen and oxygen atoms in total. The van der Waals surface area contributed by atoms with E-state index in [4.69, 9.17) is 4.74 Å². The zero-order valence-electron chi connectivity index (χ0n) is 20.5. The van der Waals surface area contributed by atoms with Crippen LogP contribution in [0.15, 0.2) is 30.3 Å². The van der Waals surface area contributed by atoms with Gasteiger partial charge in [-0.25, -0.2) is 4.79 Å². The highest BCUT2D eigenvalue weighted by molar-refractivity contribution is 5.69. The monoisotopic (exact) mass is 484 g/mol. The fourth-order valence-corrected chi connectivity index (χ4v) is 4.67. The maximum atomic E-state index is 12.7. The molecule has 35 heavy (non-hydrogen) atoms. The standard InChI is InChI=1S/C25H32N4O6/c1-4-9-26(10-5-2)24-14-20-8-6-7-19(20)13-21(24)17-27(25(30)35-3)16-18-11-22(28(31)32)15-23(12-18)29(33)34/h11-15H,4-10,16-17H2,1-3H3. The van der Waals surface area contributed by atoms with Crippen LogP contribution in [0.4, 0.5) is 21.9 Å². The van der Waals surface area contributed by atoms with Gasteiger partial charge >= 0.3 is 6.09 Å². The number of nitro groups is 2. The summed E-state index contributed by atoms with van der Waals surface area (Å²) in [7, 11) is 1.27. The first-order chi connectivity index (χ1) is 16.8. The van der Waals surface area contributed by atoms with Gasteiger partial charge in [0.2, 0.25) is 0 Å². The maximum Gasteiger partial charge on any atom is 0.410 e. The van der Waals surface area contributed by atoms with Gasteiger partial charge < -0.3 is 9.64 Å². The Morgan fingerprint density at radius 3 is 2.00 bits per heavy atom. The number of rotatable bonds is 11. The van der Waals surface area contributed by atoms with E-state index in [1.807, 2.05) is 0 Å². The molecule has 0 atom stereocenters. The van der Waals surface area contributed by atoms with Crippen LogP contribution in [-0.2, 0) is 30.7 Å². The molecule has 2 aromatic carbocycles. The molecular weight excluding hydrogens is 452 g/mol. The molecule has 1 aliphatic rings. The predicted octanol–water partition coefficient (Wildman–Crippen LogP) is 5.39. The Morgan fingerprint density at radius 2 is 1.49 bits per heavy atom. The largest absolute Gasteiger partial charge is 0.453 e. The summed E-state index contributed by atoms with van der Waals surface area (Å²) in [6.07, 6.45) is 4.47. The van der Waals surface area contributed by atoms with Crippen molar-refractivity contribution < 1.29 is 19.4 Å². The van der Waals surface area contributed by atoms with E-state index in [0.717, 1.165) is 62.5 Å². The van der Waals surface area contributed by atoms with Crippen LogP contribution in [0.1, 0.15) is 55.4 Å². The minimum atomic E-state index is -0.676. The lowest BCUT2D eigenvalue weighted by Crippen LogP contribution is -2.32. The number of aryl methyl sites for hydroxylation is 2. The summed E-state index contributed by atoms with van der Waals surface area (Å²) in [6.45, 7) is 6.18. The van der Waals surface area contributed by atoms with Crippen molar-refractivity contribution >= 4 is 23.2 Å². The molecule has 0 spiro atoms. The van der Waals surface area contributed by atoms with Crippen molar-refractivity contribution in [2.75, 3.05) is 25.1 Å². The van der Waals surface area contributed by atoms with Crippen LogP contribution in [0.25, 0.3) is 0 Å². The molecule has 3 rings (SSSR count). The zero-order chi connectivity index (χ0) is 25.5. The van der Waals surface area contributed by atoms with Crippen molar-refractivity contribution in [3.05, 3.63) is 72.8 Å². The van der Waals surface area contributed by atoms with E-state index < -0.39 is 27.3 Å². The van der Waals surface area contributed by atoms with Gasteiger partial charge in [0.05, 0.1) is 29.6 Å². The van der Waals surface area contributed by atoms with Crippen molar-refractivity contribution in [2.45, 2.75) is 59.0 Å². The molecule has 0 saturated carbocycles. The number of fused-ring (bicyclic) bond motifs is 1. The normalized spacial score (nSPS) is 12.2. The third-order valence-corrected chi connectivity index (χ3v) is 6.17. The van der Waals surface area contributed by atoms with E-state index >= 15 is 0 Å². The Hall–Kier alpha value is -3.69. The number of anilines is 1. The number of nitrogens with zero attached hydrogens (tertiary/aromatic N) is 4. The topological polar surface area (TPSA) is 119 Å². The Kier molecular flexibility index (Phi) is 8.62. The van der Waals surface area contributed by atoms with Gasteiger partial charge in [0.1, 0.15) is 0 Å². The van der Waals surface area contributed by atoms with Gasteiger partial charge in [-0.05, 0) is 60.4 Å². The van der Waals surface area contributed by atoms with Crippen molar-refractivity contribution in [1.82, 2.24) is 4.90 Å². The number of amides is 1. The van der Waals surface area contributed by atoms with Crippen LogP contribution in [0, 0.1) is 20.2 Å². The second-order valence-corrected chi connectivity index (χ2v) is 8.79. The highest BCUT2D eigenvalue weighted by atomic mass is 16.6. The first-order valence-electron chi connectivity index (χ1n) is 11.9.